The van der Waals surface area contributed by atoms with Crippen LogP contribution in [0.1, 0.15) is 36.1 Å². The number of nitrogens with zero attached hydrogens (tertiary/aromatic N) is 6. The Morgan fingerprint density at radius 2 is 1.86 bits per heavy atom. The van der Waals surface area contributed by atoms with Crippen molar-refractivity contribution in [2.24, 2.45) is 13.0 Å². The molecule has 3 N–H and O–H groups in total. The number of aromatic amines is 2. The second kappa shape index (κ2) is 8.91. The number of anilines is 1. The minimum absolute atomic E-state index is 0.105. The fraction of sp³-hybridized carbons (Fsp3) is 0.280. The number of aryl methyl sites for hydroxylation is 1. The van der Waals surface area contributed by atoms with Crippen LogP contribution in [0.15, 0.2) is 47.7 Å². The molecule has 5 aromatic rings. The molecule has 0 unspecified atom stereocenters. The van der Waals surface area contributed by atoms with Crippen molar-refractivity contribution in [3.63, 3.8) is 0 Å². The lowest BCUT2D eigenvalue weighted by molar-refractivity contribution is 0.0827. The average molecular weight is 486 g/mol. The van der Waals surface area contributed by atoms with Crippen molar-refractivity contribution in [2.75, 3.05) is 19.4 Å². The van der Waals surface area contributed by atoms with E-state index in [1.165, 1.54) is 4.90 Å². The van der Waals surface area contributed by atoms with Gasteiger partial charge >= 0.3 is 0 Å². The minimum Gasteiger partial charge on any atom is -0.372 e. The van der Waals surface area contributed by atoms with E-state index in [9.17, 15) is 9.59 Å². The van der Waals surface area contributed by atoms with E-state index in [4.69, 9.17) is 0 Å². The fourth-order valence-electron chi connectivity index (χ4n) is 4.22. The van der Waals surface area contributed by atoms with Crippen molar-refractivity contribution in [1.82, 2.24) is 39.6 Å². The first-order valence-electron chi connectivity index (χ1n) is 11.6. The lowest BCUT2D eigenvalue weighted by atomic mass is 10.0. The molecule has 5 rings (SSSR count). The molecular formula is C25H27N9O2. The normalized spacial score (nSPS) is 12.4. The summed E-state index contributed by atoms with van der Waals surface area (Å²) >= 11 is 0. The van der Waals surface area contributed by atoms with E-state index < -0.39 is 0 Å². The van der Waals surface area contributed by atoms with Gasteiger partial charge in [0.25, 0.3) is 11.5 Å². The molecule has 4 heterocycles. The van der Waals surface area contributed by atoms with Crippen LogP contribution in [-0.4, -0.2) is 59.6 Å². The van der Waals surface area contributed by atoms with Crippen LogP contribution in [0.25, 0.3) is 33.5 Å². The number of nitrogens with one attached hydrogen (secondary N) is 3. The number of H-pyrrole nitrogens is 2. The van der Waals surface area contributed by atoms with Crippen molar-refractivity contribution >= 4 is 33.7 Å². The highest BCUT2D eigenvalue weighted by Gasteiger charge is 2.26. The highest BCUT2D eigenvalue weighted by atomic mass is 16.2. The van der Waals surface area contributed by atoms with Gasteiger partial charge in [0, 0.05) is 45.3 Å². The van der Waals surface area contributed by atoms with Gasteiger partial charge in [-0.05, 0) is 30.2 Å². The Hall–Kier alpha value is -4.54. The topological polar surface area (TPSA) is 137 Å². The zero-order valence-electron chi connectivity index (χ0n) is 20.7. The van der Waals surface area contributed by atoms with Gasteiger partial charge in [0.2, 0.25) is 0 Å². The fourth-order valence-corrected chi connectivity index (χ4v) is 4.22. The number of pyridine rings is 1. The van der Waals surface area contributed by atoms with Gasteiger partial charge in [-0.3, -0.25) is 14.3 Å². The monoisotopic (exact) mass is 485 g/mol. The van der Waals surface area contributed by atoms with Gasteiger partial charge in [-0.2, -0.15) is 5.10 Å². The zero-order valence-corrected chi connectivity index (χ0v) is 20.7. The second-order valence-corrected chi connectivity index (χ2v) is 9.26. The van der Waals surface area contributed by atoms with Crippen LogP contribution >= 0.6 is 0 Å². The molecule has 0 saturated heterocycles. The second-order valence-electron chi connectivity index (χ2n) is 9.26. The third kappa shape index (κ3) is 4.08. The molecule has 11 heteroatoms. The number of rotatable bonds is 6. The van der Waals surface area contributed by atoms with E-state index in [-0.39, 0.29) is 23.4 Å². The molecule has 0 saturated carbocycles. The average Bonchev–Trinajstić information content (AvgIpc) is 3.43. The molecule has 1 amide bonds. The van der Waals surface area contributed by atoms with Gasteiger partial charge < -0.3 is 20.2 Å². The minimum atomic E-state index is -0.321. The quantitative estimate of drug-likeness (QED) is 0.336. The number of hydrogen-bond acceptors (Lipinski definition) is 7. The summed E-state index contributed by atoms with van der Waals surface area (Å²) in [5.41, 5.74) is 3.53. The standard InChI is InChI=1S/C25H27N9O2/c1-13(2)19(23-26-9-6-10-27-23)31-21-18(24(35)30-17-12-34(5)32-20(17)21)22-28-15-8-7-14(11-16(15)29-22)25(36)33(3)4/h6-13,19,31H,1-5H3,(H,28,29)(H,30,35)/t19-/m0/s1. The number of carbonyl (C=O) groups excluding carboxylic acids is 1. The Kier molecular flexibility index (Phi) is 5.75. The van der Waals surface area contributed by atoms with Crippen LogP contribution in [0.5, 0.6) is 0 Å². The van der Waals surface area contributed by atoms with E-state index in [0.717, 1.165) is 0 Å². The summed E-state index contributed by atoms with van der Waals surface area (Å²) in [5, 5.41) is 8.11. The molecule has 0 aliphatic carbocycles. The van der Waals surface area contributed by atoms with Gasteiger partial charge in [0.15, 0.2) is 5.82 Å². The van der Waals surface area contributed by atoms with Gasteiger partial charge in [0.1, 0.15) is 16.9 Å². The number of aromatic nitrogens is 7. The summed E-state index contributed by atoms with van der Waals surface area (Å²) in [6, 6.07) is 6.71. The van der Waals surface area contributed by atoms with Crippen LogP contribution in [0.2, 0.25) is 0 Å². The van der Waals surface area contributed by atoms with Crippen LogP contribution in [0.3, 0.4) is 0 Å². The van der Waals surface area contributed by atoms with Gasteiger partial charge in [-0.1, -0.05) is 13.8 Å². The van der Waals surface area contributed by atoms with E-state index >= 15 is 0 Å². The van der Waals surface area contributed by atoms with Gasteiger partial charge in [-0.25, -0.2) is 15.0 Å². The SMILES string of the molecule is CC(C)[C@H](Nc1c(-c2nc3ccc(C(=O)N(C)C)cc3[nH]2)c(=O)[nH]c2cn(C)nc12)c1ncccn1. The molecule has 36 heavy (non-hydrogen) atoms. The van der Waals surface area contributed by atoms with Crippen molar-refractivity contribution in [1.29, 1.82) is 0 Å². The Bertz CT molecular complexity index is 1630. The third-order valence-corrected chi connectivity index (χ3v) is 5.99. The van der Waals surface area contributed by atoms with Crippen LogP contribution < -0.4 is 10.9 Å². The predicted octanol–water partition coefficient (Wildman–Crippen LogP) is 3.11. The van der Waals surface area contributed by atoms with E-state index in [0.29, 0.717) is 50.5 Å². The van der Waals surface area contributed by atoms with Crippen molar-refractivity contribution < 1.29 is 4.79 Å². The number of imidazole rings is 1. The summed E-state index contributed by atoms with van der Waals surface area (Å²) in [7, 11) is 5.20. The van der Waals surface area contributed by atoms with E-state index in [2.05, 4.69) is 49.2 Å². The molecule has 0 radical (unpaired) electrons. The Morgan fingerprint density at radius 1 is 1.11 bits per heavy atom. The van der Waals surface area contributed by atoms with Crippen LogP contribution in [0, 0.1) is 5.92 Å². The van der Waals surface area contributed by atoms with Crippen LogP contribution in [0.4, 0.5) is 5.69 Å². The largest absolute Gasteiger partial charge is 0.372 e. The Labute approximate surface area is 206 Å². The third-order valence-electron chi connectivity index (χ3n) is 5.99. The van der Waals surface area contributed by atoms with Gasteiger partial charge in [0.05, 0.1) is 28.3 Å². The number of benzene rings is 1. The number of amides is 1. The molecule has 0 spiro atoms. The summed E-state index contributed by atoms with van der Waals surface area (Å²) < 4.78 is 1.65. The molecule has 0 aliphatic heterocycles. The first kappa shape index (κ1) is 23.2. The first-order valence-corrected chi connectivity index (χ1v) is 11.6. The van der Waals surface area contributed by atoms with Crippen LogP contribution in [-0.2, 0) is 7.05 Å². The molecule has 11 nitrogen and oxygen atoms in total. The number of fused-ring (bicyclic) bond motifs is 2. The molecule has 0 fully saturated rings. The molecule has 184 valence electrons. The summed E-state index contributed by atoms with van der Waals surface area (Å²) in [6.45, 7) is 4.11. The molecule has 1 atom stereocenters. The van der Waals surface area contributed by atoms with E-state index in [1.54, 1.807) is 68.7 Å². The maximum absolute atomic E-state index is 13.4. The molecule has 0 bridgehead atoms. The lowest BCUT2D eigenvalue weighted by Gasteiger charge is -2.23. The zero-order chi connectivity index (χ0) is 25.6. The number of carbonyl (C=O) groups is 1. The first-order chi connectivity index (χ1) is 17.2. The summed E-state index contributed by atoms with van der Waals surface area (Å²) in [5.74, 6) is 0.964. The lowest BCUT2D eigenvalue weighted by Crippen LogP contribution is -2.22. The maximum Gasteiger partial charge on any atom is 0.261 e. The van der Waals surface area contributed by atoms with Gasteiger partial charge in [-0.15, -0.1) is 0 Å². The molecule has 1 aromatic carbocycles. The highest BCUT2D eigenvalue weighted by molar-refractivity contribution is 5.99. The van der Waals surface area contributed by atoms with Crippen molar-refractivity contribution in [2.45, 2.75) is 19.9 Å². The van der Waals surface area contributed by atoms with E-state index in [1.807, 2.05) is 0 Å². The highest BCUT2D eigenvalue weighted by Crippen LogP contribution is 2.34. The predicted molar refractivity (Wildman–Crippen MR) is 138 cm³/mol. The molecule has 4 aromatic heterocycles. The Balaban J connectivity index is 1.70. The summed E-state index contributed by atoms with van der Waals surface area (Å²) in [6.07, 6.45) is 5.15. The summed E-state index contributed by atoms with van der Waals surface area (Å²) in [4.78, 5) is 47.1. The smallest absolute Gasteiger partial charge is 0.261 e. The maximum atomic E-state index is 13.4. The van der Waals surface area contributed by atoms with Crippen molar-refractivity contribution in [3.05, 3.63) is 64.6 Å². The Morgan fingerprint density at radius 3 is 2.56 bits per heavy atom. The number of hydrogen-bond donors (Lipinski definition) is 3. The van der Waals surface area contributed by atoms with Crippen molar-refractivity contribution in [3.8, 4) is 11.4 Å². The molecule has 0 aliphatic rings. The molecular weight excluding hydrogens is 458 g/mol.